The van der Waals surface area contributed by atoms with Gasteiger partial charge >= 0.3 is 5.97 Å². The molecule has 0 amide bonds. The number of hydrogen-bond acceptors (Lipinski definition) is 5. The maximum absolute atomic E-state index is 10.7. The lowest BCUT2D eigenvalue weighted by Gasteiger charge is -2.17. The zero-order valence-corrected chi connectivity index (χ0v) is 9.67. The third-order valence-corrected chi connectivity index (χ3v) is 3.03. The third kappa shape index (κ3) is 4.43. The van der Waals surface area contributed by atoms with Crippen molar-refractivity contribution in [1.29, 1.82) is 0 Å². The molecule has 98 valence electrons. The first-order chi connectivity index (χ1) is 8.04. The Labute approximate surface area is 100 Å². The van der Waals surface area contributed by atoms with Gasteiger partial charge in [-0.2, -0.15) is 0 Å². The van der Waals surface area contributed by atoms with E-state index in [9.17, 15) is 4.79 Å². The van der Waals surface area contributed by atoms with E-state index in [1.807, 2.05) is 0 Å². The summed E-state index contributed by atoms with van der Waals surface area (Å²) >= 11 is 0. The number of carboxylic acid groups (broad SMARTS) is 1. The quantitative estimate of drug-likeness (QED) is 0.288. The molecule has 6 nitrogen and oxygen atoms in total. The Morgan fingerprint density at radius 1 is 1.59 bits per heavy atom. The molecular weight excluding hydrogens is 224 g/mol. The number of nitrogens with one attached hydrogen (secondary N) is 2. The molecule has 3 unspecified atom stereocenters. The highest BCUT2D eigenvalue weighted by molar-refractivity contribution is 5.73. The van der Waals surface area contributed by atoms with Crippen LogP contribution in [0.2, 0.25) is 0 Å². The fourth-order valence-electron chi connectivity index (χ4n) is 1.92. The number of aliphatic carboxylic acids is 1. The van der Waals surface area contributed by atoms with Crippen LogP contribution in [0.15, 0.2) is 12.7 Å². The van der Waals surface area contributed by atoms with Crippen molar-refractivity contribution in [3.8, 4) is 0 Å². The Hall–Kier alpha value is -0.950. The molecule has 0 aliphatic carbocycles. The first kappa shape index (κ1) is 14.1. The first-order valence-corrected chi connectivity index (χ1v) is 5.73. The van der Waals surface area contributed by atoms with E-state index in [-0.39, 0.29) is 12.0 Å². The first-order valence-electron chi connectivity index (χ1n) is 5.73. The zero-order valence-electron chi connectivity index (χ0n) is 9.67. The van der Waals surface area contributed by atoms with E-state index in [2.05, 4.69) is 17.2 Å². The van der Waals surface area contributed by atoms with Crippen molar-refractivity contribution in [2.45, 2.75) is 31.2 Å². The Morgan fingerprint density at radius 3 is 2.76 bits per heavy atom. The minimum Gasteiger partial charge on any atom is -0.480 e. The fourth-order valence-corrected chi connectivity index (χ4v) is 1.92. The topological polar surface area (TPSA) is 102 Å². The molecule has 1 fully saturated rings. The Kier molecular flexibility index (Phi) is 5.57. The largest absolute Gasteiger partial charge is 0.480 e. The smallest absolute Gasteiger partial charge is 0.320 e. The lowest BCUT2D eigenvalue weighted by molar-refractivity contribution is -0.139. The predicted molar refractivity (Wildman–Crippen MR) is 62.4 cm³/mol. The van der Waals surface area contributed by atoms with Crippen molar-refractivity contribution in [1.82, 2.24) is 10.6 Å². The van der Waals surface area contributed by atoms with Crippen LogP contribution in [0.5, 0.6) is 0 Å². The summed E-state index contributed by atoms with van der Waals surface area (Å²) in [5.41, 5.74) is 0. The summed E-state index contributed by atoms with van der Waals surface area (Å²) in [6.45, 7) is 4.76. The Morgan fingerprint density at radius 2 is 2.29 bits per heavy atom. The van der Waals surface area contributed by atoms with Gasteiger partial charge in [0.15, 0.2) is 6.29 Å². The van der Waals surface area contributed by atoms with Crippen molar-refractivity contribution in [3.63, 3.8) is 0 Å². The van der Waals surface area contributed by atoms with Crippen LogP contribution in [0.4, 0.5) is 0 Å². The second kappa shape index (κ2) is 6.70. The van der Waals surface area contributed by atoms with Crippen LogP contribution in [0.25, 0.3) is 0 Å². The van der Waals surface area contributed by atoms with Crippen molar-refractivity contribution < 1.29 is 20.1 Å². The highest BCUT2D eigenvalue weighted by atomic mass is 16.5. The number of carboxylic acids is 1. The minimum absolute atomic E-state index is 0.123. The summed E-state index contributed by atoms with van der Waals surface area (Å²) in [5.74, 6) is -1.18. The molecule has 1 aliphatic rings. The van der Waals surface area contributed by atoms with Crippen LogP contribution in [0.1, 0.15) is 12.8 Å². The van der Waals surface area contributed by atoms with E-state index in [1.165, 1.54) is 6.08 Å². The molecule has 0 saturated carbocycles. The van der Waals surface area contributed by atoms with E-state index < -0.39 is 18.3 Å². The molecule has 1 heterocycles. The predicted octanol–water partition coefficient (Wildman–Crippen LogP) is -1.11. The normalized spacial score (nSPS) is 26.1. The number of rotatable bonds is 7. The summed E-state index contributed by atoms with van der Waals surface area (Å²) in [6.07, 6.45) is 1.24. The Balaban J connectivity index is 2.20. The van der Waals surface area contributed by atoms with Gasteiger partial charge in [-0.15, -0.1) is 6.58 Å². The van der Waals surface area contributed by atoms with E-state index in [4.69, 9.17) is 15.3 Å². The summed E-state index contributed by atoms with van der Waals surface area (Å²) < 4.78 is 0. The molecule has 0 aromatic heterocycles. The van der Waals surface area contributed by atoms with Gasteiger partial charge in [0.05, 0.1) is 0 Å². The average molecular weight is 244 g/mol. The van der Waals surface area contributed by atoms with Crippen molar-refractivity contribution in [2.75, 3.05) is 13.1 Å². The van der Waals surface area contributed by atoms with E-state index in [1.54, 1.807) is 0 Å². The van der Waals surface area contributed by atoms with Gasteiger partial charge < -0.3 is 26.0 Å². The van der Waals surface area contributed by atoms with E-state index >= 15 is 0 Å². The standard InChI is InChI=1S/C11H20N2O4/c1-2-7(10(14)15)3-4-12-8-5-9(11(16)17)13-6-8/h2,7-10,12-15H,1,3-6H2,(H,16,17). The van der Waals surface area contributed by atoms with Crippen molar-refractivity contribution >= 4 is 5.97 Å². The summed E-state index contributed by atoms with van der Waals surface area (Å²) in [7, 11) is 0. The summed E-state index contributed by atoms with van der Waals surface area (Å²) in [5, 5.41) is 32.8. The Bertz CT molecular complexity index is 270. The summed E-state index contributed by atoms with van der Waals surface area (Å²) in [6, 6.07) is -0.358. The minimum atomic E-state index is -1.39. The molecule has 0 spiro atoms. The van der Waals surface area contributed by atoms with Crippen LogP contribution in [0.3, 0.4) is 0 Å². The van der Waals surface area contributed by atoms with Gasteiger partial charge in [-0.25, -0.2) is 0 Å². The highest BCUT2D eigenvalue weighted by Crippen LogP contribution is 2.10. The molecule has 1 saturated heterocycles. The van der Waals surface area contributed by atoms with Gasteiger partial charge in [-0.1, -0.05) is 6.08 Å². The lowest BCUT2D eigenvalue weighted by Crippen LogP contribution is -2.33. The summed E-state index contributed by atoms with van der Waals surface area (Å²) in [4.78, 5) is 10.7. The van der Waals surface area contributed by atoms with Crippen LogP contribution in [-0.2, 0) is 4.79 Å². The average Bonchev–Trinajstić information content (AvgIpc) is 2.72. The monoisotopic (exact) mass is 244 g/mol. The highest BCUT2D eigenvalue weighted by Gasteiger charge is 2.28. The van der Waals surface area contributed by atoms with Gasteiger partial charge in [0, 0.05) is 18.5 Å². The second-order valence-corrected chi connectivity index (χ2v) is 4.29. The number of hydrogen-bond donors (Lipinski definition) is 5. The van der Waals surface area contributed by atoms with Gasteiger partial charge in [0.25, 0.3) is 0 Å². The number of carbonyl (C=O) groups is 1. The molecule has 0 aromatic rings. The molecule has 3 atom stereocenters. The molecule has 1 aliphatic heterocycles. The van der Waals surface area contributed by atoms with Crippen molar-refractivity contribution in [2.24, 2.45) is 5.92 Å². The van der Waals surface area contributed by atoms with E-state index in [0.29, 0.717) is 25.9 Å². The molecule has 0 aromatic carbocycles. The number of aliphatic hydroxyl groups excluding tert-OH is 1. The van der Waals surface area contributed by atoms with Gasteiger partial charge in [-0.05, 0) is 19.4 Å². The van der Waals surface area contributed by atoms with Gasteiger partial charge in [0.1, 0.15) is 6.04 Å². The third-order valence-electron chi connectivity index (χ3n) is 3.03. The molecular formula is C11H20N2O4. The van der Waals surface area contributed by atoms with Gasteiger partial charge in [-0.3, -0.25) is 4.79 Å². The zero-order chi connectivity index (χ0) is 12.8. The molecule has 5 N–H and O–H groups in total. The SMILES string of the molecule is C=CC(CCNC1CNC(C(=O)O)C1)C(O)O. The molecule has 17 heavy (non-hydrogen) atoms. The maximum atomic E-state index is 10.7. The van der Waals surface area contributed by atoms with Crippen LogP contribution in [-0.4, -0.2) is 52.8 Å². The van der Waals surface area contributed by atoms with Crippen LogP contribution < -0.4 is 10.6 Å². The van der Waals surface area contributed by atoms with Crippen LogP contribution >= 0.6 is 0 Å². The number of aliphatic hydroxyl groups is 2. The van der Waals surface area contributed by atoms with Gasteiger partial charge in [0.2, 0.25) is 0 Å². The van der Waals surface area contributed by atoms with E-state index in [0.717, 1.165) is 0 Å². The van der Waals surface area contributed by atoms with Crippen molar-refractivity contribution in [3.05, 3.63) is 12.7 Å². The van der Waals surface area contributed by atoms with Crippen LogP contribution in [0, 0.1) is 5.92 Å². The molecule has 1 rings (SSSR count). The molecule has 0 radical (unpaired) electrons. The lowest BCUT2D eigenvalue weighted by atomic mass is 10.1. The molecule has 0 bridgehead atoms. The second-order valence-electron chi connectivity index (χ2n) is 4.29. The molecule has 6 heteroatoms. The maximum Gasteiger partial charge on any atom is 0.320 e. The fraction of sp³-hybridized carbons (Fsp3) is 0.727.